The topological polar surface area (TPSA) is 29.1 Å². The van der Waals surface area contributed by atoms with E-state index in [2.05, 4.69) is 21.2 Å². The van der Waals surface area contributed by atoms with Crippen molar-refractivity contribution in [2.75, 3.05) is 5.32 Å². The Balaban J connectivity index is 2.82. The van der Waals surface area contributed by atoms with E-state index in [0.29, 0.717) is 10.7 Å². The first kappa shape index (κ1) is 11.5. The Kier molecular flexibility index (Phi) is 3.96. The number of carbonyl (C=O) groups excluding carboxylic acids is 1. The number of amides is 1. The van der Waals surface area contributed by atoms with Gasteiger partial charge in [-0.05, 0) is 31.5 Å². The molecular weight excluding hydrogens is 265 g/mol. The molecule has 0 aromatic heterocycles. The zero-order valence-corrected chi connectivity index (χ0v) is 10.3. The zero-order valence-electron chi connectivity index (χ0n) is 7.97. The van der Waals surface area contributed by atoms with Crippen molar-refractivity contribution >= 4 is 39.1 Å². The molecule has 1 amide bonds. The van der Waals surface area contributed by atoms with Crippen LogP contribution in [0.2, 0.25) is 5.02 Å². The second-order valence-electron chi connectivity index (χ2n) is 3.09. The first-order chi connectivity index (χ1) is 6.50. The molecule has 1 rings (SSSR count). The van der Waals surface area contributed by atoms with Gasteiger partial charge >= 0.3 is 0 Å². The van der Waals surface area contributed by atoms with E-state index in [0.717, 1.165) is 5.56 Å². The molecule has 0 saturated carbocycles. The van der Waals surface area contributed by atoms with E-state index in [1.54, 1.807) is 13.0 Å². The van der Waals surface area contributed by atoms with Gasteiger partial charge in [-0.3, -0.25) is 4.79 Å². The lowest BCUT2D eigenvalue weighted by Crippen LogP contribution is -2.20. The predicted octanol–water partition coefficient (Wildman–Crippen LogP) is 3.37. The van der Waals surface area contributed by atoms with Crippen LogP contribution >= 0.6 is 27.5 Å². The summed E-state index contributed by atoms with van der Waals surface area (Å²) in [5.41, 5.74) is 1.72. The van der Waals surface area contributed by atoms with Gasteiger partial charge in [-0.25, -0.2) is 0 Å². The molecule has 0 fully saturated rings. The fourth-order valence-corrected chi connectivity index (χ4v) is 1.35. The fourth-order valence-electron chi connectivity index (χ4n) is 0.954. The van der Waals surface area contributed by atoms with Gasteiger partial charge in [-0.2, -0.15) is 0 Å². The largest absolute Gasteiger partial charge is 0.324 e. The lowest BCUT2D eigenvalue weighted by molar-refractivity contribution is -0.115. The highest BCUT2D eigenvalue weighted by molar-refractivity contribution is 9.10. The van der Waals surface area contributed by atoms with Gasteiger partial charge in [0.05, 0.1) is 15.5 Å². The molecule has 1 aromatic rings. The Morgan fingerprint density at radius 1 is 1.57 bits per heavy atom. The van der Waals surface area contributed by atoms with Gasteiger partial charge in [0.15, 0.2) is 0 Å². The Morgan fingerprint density at radius 3 is 2.71 bits per heavy atom. The van der Waals surface area contributed by atoms with Crippen molar-refractivity contribution in [2.45, 2.75) is 18.7 Å². The molecule has 0 bridgehead atoms. The number of rotatable bonds is 2. The normalized spacial score (nSPS) is 12.3. The minimum atomic E-state index is -0.222. The highest BCUT2D eigenvalue weighted by Gasteiger charge is 2.10. The number of aryl methyl sites for hydroxylation is 1. The number of nitrogens with one attached hydrogen (secondary N) is 1. The molecule has 0 spiro atoms. The van der Waals surface area contributed by atoms with Gasteiger partial charge in [-0.15, -0.1) is 0 Å². The van der Waals surface area contributed by atoms with Crippen molar-refractivity contribution in [2.24, 2.45) is 0 Å². The van der Waals surface area contributed by atoms with Crippen LogP contribution in [0, 0.1) is 6.92 Å². The van der Waals surface area contributed by atoms with E-state index in [1.807, 2.05) is 19.1 Å². The van der Waals surface area contributed by atoms with Crippen LogP contribution in [0.1, 0.15) is 12.5 Å². The second kappa shape index (κ2) is 4.80. The molecule has 0 radical (unpaired) electrons. The third-order valence-corrected chi connectivity index (χ3v) is 2.47. The summed E-state index contributed by atoms with van der Waals surface area (Å²) in [6.07, 6.45) is 0. The Hall–Kier alpha value is -0.540. The maximum atomic E-state index is 11.3. The molecule has 1 atom stereocenters. The molecule has 0 unspecified atom stereocenters. The molecule has 0 aliphatic rings. The number of anilines is 1. The van der Waals surface area contributed by atoms with Gasteiger partial charge in [0.2, 0.25) is 5.91 Å². The van der Waals surface area contributed by atoms with Crippen molar-refractivity contribution in [1.29, 1.82) is 0 Å². The van der Waals surface area contributed by atoms with Crippen LogP contribution in [-0.4, -0.2) is 10.7 Å². The van der Waals surface area contributed by atoms with Gasteiger partial charge in [0.25, 0.3) is 0 Å². The first-order valence-electron chi connectivity index (χ1n) is 4.22. The molecule has 2 nitrogen and oxygen atoms in total. The summed E-state index contributed by atoms with van der Waals surface area (Å²) in [4.78, 5) is 11.1. The van der Waals surface area contributed by atoms with Crippen molar-refractivity contribution in [3.8, 4) is 0 Å². The maximum absolute atomic E-state index is 11.3. The Bertz CT molecular complexity index is 352. The van der Waals surface area contributed by atoms with Crippen molar-refractivity contribution in [1.82, 2.24) is 0 Å². The molecule has 0 aliphatic carbocycles. The number of halogens is 2. The maximum Gasteiger partial charge on any atom is 0.237 e. The Morgan fingerprint density at radius 2 is 2.21 bits per heavy atom. The first-order valence-corrected chi connectivity index (χ1v) is 5.51. The summed E-state index contributed by atoms with van der Waals surface area (Å²) in [5.74, 6) is -0.101. The van der Waals surface area contributed by atoms with E-state index >= 15 is 0 Å². The average Bonchev–Trinajstić information content (AvgIpc) is 2.09. The third kappa shape index (κ3) is 3.00. The van der Waals surface area contributed by atoms with E-state index in [9.17, 15) is 4.79 Å². The summed E-state index contributed by atoms with van der Waals surface area (Å²) < 4.78 is 0. The molecule has 0 heterocycles. The highest BCUT2D eigenvalue weighted by atomic mass is 79.9. The minimum Gasteiger partial charge on any atom is -0.324 e. The van der Waals surface area contributed by atoms with Crippen LogP contribution in [0.25, 0.3) is 0 Å². The van der Waals surface area contributed by atoms with Crippen molar-refractivity contribution in [3.63, 3.8) is 0 Å². The third-order valence-electron chi connectivity index (χ3n) is 1.74. The zero-order chi connectivity index (χ0) is 10.7. The van der Waals surface area contributed by atoms with Crippen LogP contribution in [0.3, 0.4) is 0 Å². The van der Waals surface area contributed by atoms with Crippen LogP contribution < -0.4 is 5.32 Å². The van der Waals surface area contributed by atoms with Gasteiger partial charge in [-0.1, -0.05) is 33.6 Å². The van der Waals surface area contributed by atoms with Crippen LogP contribution in [0.5, 0.6) is 0 Å². The lowest BCUT2D eigenvalue weighted by atomic mass is 10.2. The predicted molar refractivity (Wildman–Crippen MR) is 63.2 cm³/mol. The molecule has 76 valence electrons. The van der Waals surface area contributed by atoms with Gasteiger partial charge in [0.1, 0.15) is 0 Å². The van der Waals surface area contributed by atoms with Crippen LogP contribution in [-0.2, 0) is 4.79 Å². The quantitative estimate of drug-likeness (QED) is 0.825. The van der Waals surface area contributed by atoms with Crippen LogP contribution in [0.4, 0.5) is 5.69 Å². The molecule has 0 saturated heterocycles. The van der Waals surface area contributed by atoms with E-state index < -0.39 is 0 Å². The van der Waals surface area contributed by atoms with Gasteiger partial charge < -0.3 is 5.32 Å². The molecule has 0 aliphatic heterocycles. The summed E-state index contributed by atoms with van der Waals surface area (Å²) >= 11 is 9.13. The Labute approximate surface area is 96.8 Å². The average molecular weight is 277 g/mol. The molecule has 1 N–H and O–H groups in total. The minimum absolute atomic E-state index is 0.101. The van der Waals surface area contributed by atoms with Crippen molar-refractivity contribution in [3.05, 3.63) is 28.8 Å². The number of hydrogen-bond donors (Lipinski definition) is 1. The van der Waals surface area contributed by atoms with Crippen LogP contribution in [0.15, 0.2) is 18.2 Å². The van der Waals surface area contributed by atoms with E-state index in [-0.39, 0.29) is 10.7 Å². The van der Waals surface area contributed by atoms with E-state index in [1.165, 1.54) is 0 Å². The SMILES string of the molecule is Cc1ccc(NC(=O)[C@H](C)Br)c(Cl)c1. The lowest BCUT2D eigenvalue weighted by Gasteiger charge is -2.08. The number of carbonyl (C=O) groups is 1. The smallest absolute Gasteiger partial charge is 0.237 e. The standard InChI is InChI=1S/C10H11BrClNO/c1-6-3-4-9(8(12)5-6)13-10(14)7(2)11/h3-5,7H,1-2H3,(H,13,14)/t7-/m0/s1. The highest BCUT2D eigenvalue weighted by Crippen LogP contribution is 2.23. The number of alkyl halides is 1. The molecular formula is C10H11BrClNO. The summed E-state index contributed by atoms with van der Waals surface area (Å²) in [5, 5.41) is 3.28. The second-order valence-corrected chi connectivity index (χ2v) is 4.87. The number of benzene rings is 1. The van der Waals surface area contributed by atoms with E-state index in [4.69, 9.17) is 11.6 Å². The van der Waals surface area contributed by atoms with Gasteiger partial charge in [0, 0.05) is 0 Å². The summed E-state index contributed by atoms with van der Waals surface area (Å²) in [6, 6.07) is 5.52. The fraction of sp³-hybridized carbons (Fsp3) is 0.300. The molecule has 14 heavy (non-hydrogen) atoms. The number of hydrogen-bond acceptors (Lipinski definition) is 1. The monoisotopic (exact) mass is 275 g/mol. The molecule has 4 heteroatoms. The molecule has 1 aromatic carbocycles. The van der Waals surface area contributed by atoms with Crippen molar-refractivity contribution < 1.29 is 4.79 Å². The summed E-state index contributed by atoms with van der Waals surface area (Å²) in [6.45, 7) is 3.71. The summed E-state index contributed by atoms with van der Waals surface area (Å²) in [7, 11) is 0.